The Morgan fingerprint density at radius 1 is 1.03 bits per heavy atom. The number of alkyl halides is 6. The van der Waals surface area contributed by atoms with Crippen molar-refractivity contribution >= 4 is 15.7 Å². The molecule has 0 fully saturated rings. The zero-order valence-electron chi connectivity index (χ0n) is 15.7. The zero-order valence-corrected chi connectivity index (χ0v) is 16.5. The largest absolute Gasteiger partial charge is 0.430 e. The van der Waals surface area contributed by atoms with Crippen molar-refractivity contribution < 1.29 is 44.7 Å². The van der Waals surface area contributed by atoms with Gasteiger partial charge in [0.15, 0.2) is 9.84 Å². The van der Waals surface area contributed by atoms with Gasteiger partial charge in [0.05, 0.1) is 16.3 Å². The van der Waals surface area contributed by atoms with E-state index in [0.29, 0.717) is 12.1 Å². The maximum atomic E-state index is 13.0. The molecule has 31 heavy (non-hydrogen) atoms. The van der Waals surface area contributed by atoms with E-state index in [1.54, 1.807) is 0 Å². The summed E-state index contributed by atoms with van der Waals surface area (Å²) in [5.41, 5.74) is -1.63. The molecule has 0 saturated carbocycles. The minimum atomic E-state index is -6.09. The molecule has 2 rings (SSSR count). The Morgan fingerprint density at radius 3 is 1.90 bits per heavy atom. The lowest BCUT2D eigenvalue weighted by Crippen LogP contribution is -2.54. The maximum absolute atomic E-state index is 13.0. The summed E-state index contributed by atoms with van der Waals surface area (Å²) in [6.45, 7) is 1.42. The lowest BCUT2D eigenvalue weighted by molar-refractivity contribution is -0.376. The Kier molecular flexibility index (Phi) is 6.44. The van der Waals surface area contributed by atoms with Gasteiger partial charge in [0.1, 0.15) is 5.92 Å². The number of benzene rings is 1. The van der Waals surface area contributed by atoms with Crippen LogP contribution in [0.2, 0.25) is 0 Å². The summed E-state index contributed by atoms with van der Waals surface area (Å²) in [6.07, 6.45) is -12.0. The number of nitrogens with zero attached hydrogens (tertiary/aromatic N) is 1. The minimum Gasteiger partial charge on any atom is -0.369 e. The van der Waals surface area contributed by atoms with Crippen molar-refractivity contribution in [3.63, 3.8) is 0 Å². The van der Waals surface area contributed by atoms with E-state index in [1.807, 2.05) is 0 Å². The van der Waals surface area contributed by atoms with Crippen molar-refractivity contribution in [2.24, 2.45) is 5.73 Å². The van der Waals surface area contributed by atoms with Crippen LogP contribution in [0.15, 0.2) is 47.5 Å². The van der Waals surface area contributed by atoms with Crippen LogP contribution in [0.1, 0.15) is 29.7 Å². The summed E-state index contributed by atoms with van der Waals surface area (Å²) < 4.78 is 102. The summed E-state index contributed by atoms with van der Waals surface area (Å²) in [7, 11) is -3.55. The second-order valence-electron chi connectivity index (χ2n) is 6.49. The highest BCUT2D eigenvalue weighted by molar-refractivity contribution is 7.91. The summed E-state index contributed by atoms with van der Waals surface area (Å²) in [6, 6.07) is 5.87. The third kappa shape index (κ3) is 4.51. The molecule has 0 spiro atoms. The summed E-state index contributed by atoms with van der Waals surface area (Å²) in [5.74, 6) is -2.61. The second-order valence-corrected chi connectivity index (χ2v) is 8.76. The van der Waals surface area contributed by atoms with Crippen LogP contribution in [0.25, 0.3) is 0 Å². The summed E-state index contributed by atoms with van der Waals surface area (Å²) >= 11 is 0. The first-order chi connectivity index (χ1) is 14.1. The van der Waals surface area contributed by atoms with Crippen LogP contribution in [0.5, 0.6) is 0 Å². The Labute approximate surface area is 172 Å². The van der Waals surface area contributed by atoms with Crippen molar-refractivity contribution in [3.05, 3.63) is 59.4 Å². The van der Waals surface area contributed by atoms with Crippen LogP contribution < -0.4 is 5.73 Å². The van der Waals surface area contributed by atoms with E-state index in [9.17, 15) is 44.7 Å². The first kappa shape index (κ1) is 24.6. The topological polar surface area (TPSA) is 110 Å². The van der Waals surface area contributed by atoms with Gasteiger partial charge in [0, 0.05) is 11.8 Å². The van der Waals surface area contributed by atoms with Crippen molar-refractivity contribution in [1.29, 1.82) is 0 Å². The zero-order chi connectivity index (χ0) is 23.8. The molecule has 1 heterocycles. The van der Waals surface area contributed by atoms with Crippen LogP contribution in [0.3, 0.4) is 0 Å². The maximum Gasteiger partial charge on any atom is 0.430 e. The number of hydrogen-bond acceptors (Lipinski definition) is 5. The molecule has 0 aliphatic heterocycles. The SMILES string of the molecule is CCS(=O)(=O)c1ccc(C(C(N)=O)c2ccc(C(O)(C(F)(F)F)C(F)(F)F)cn2)cc1. The Morgan fingerprint density at radius 2 is 1.55 bits per heavy atom. The van der Waals surface area contributed by atoms with E-state index >= 15 is 0 Å². The molecule has 2 aromatic rings. The number of carbonyl (C=O) groups excluding carboxylic acids is 1. The van der Waals surface area contributed by atoms with Crippen LogP contribution in [-0.4, -0.2) is 42.5 Å². The predicted octanol–water partition coefficient (Wildman–Crippen LogP) is 2.80. The van der Waals surface area contributed by atoms with Crippen molar-refractivity contribution in [3.8, 4) is 0 Å². The molecule has 1 amide bonds. The van der Waals surface area contributed by atoms with E-state index in [4.69, 9.17) is 5.73 Å². The summed E-state index contributed by atoms with van der Waals surface area (Å²) in [4.78, 5) is 15.3. The van der Waals surface area contributed by atoms with Crippen molar-refractivity contribution in [2.75, 3.05) is 5.75 Å². The lowest BCUT2D eigenvalue weighted by Gasteiger charge is -2.32. The average Bonchev–Trinajstić information content (AvgIpc) is 2.66. The highest BCUT2D eigenvalue weighted by atomic mass is 32.2. The van der Waals surface area contributed by atoms with Crippen LogP contribution in [-0.2, 0) is 20.2 Å². The first-order valence-electron chi connectivity index (χ1n) is 8.50. The Bertz CT molecular complexity index is 1030. The van der Waals surface area contributed by atoms with E-state index in [2.05, 4.69) is 4.98 Å². The van der Waals surface area contributed by atoms with Crippen molar-refractivity contribution in [2.45, 2.75) is 35.7 Å². The number of carbonyl (C=O) groups is 1. The molecule has 0 saturated heterocycles. The molecular weight excluding hydrogens is 454 g/mol. The molecule has 1 aromatic heterocycles. The van der Waals surface area contributed by atoms with E-state index < -0.39 is 45.2 Å². The van der Waals surface area contributed by atoms with E-state index in [0.717, 1.165) is 0 Å². The van der Waals surface area contributed by atoms with Gasteiger partial charge >= 0.3 is 12.4 Å². The highest BCUT2D eigenvalue weighted by Crippen LogP contribution is 2.49. The monoisotopic (exact) mass is 470 g/mol. The minimum absolute atomic E-state index is 0.0503. The quantitative estimate of drug-likeness (QED) is 0.631. The van der Waals surface area contributed by atoms with Gasteiger partial charge < -0.3 is 10.8 Å². The molecule has 1 unspecified atom stereocenters. The third-order valence-electron chi connectivity index (χ3n) is 4.56. The fourth-order valence-corrected chi connectivity index (χ4v) is 3.68. The predicted molar refractivity (Wildman–Crippen MR) is 95.5 cm³/mol. The molecule has 0 radical (unpaired) electrons. The number of halogens is 6. The molecule has 0 aliphatic carbocycles. The van der Waals surface area contributed by atoms with Gasteiger partial charge in [-0.1, -0.05) is 25.1 Å². The van der Waals surface area contributed by atoms with Crippen molar-refractivity contribution in [1.82, 2.24) is 4.98 Å². The lowest BCUT2D eigenvalue weighted by atomic mass is 9.91. The molecule has 1 atom stereocenters. The molecule has 3 N–H and O–H groups in total. The van der Waals surface area contributed by atoms with Gasteiger partial charge in [0.25, 0.3) is 5.60 Å². The normalized spacial score (nSPS) is 14.3. The number of amides is 1. The fourth-order valence-electron chi connectivity index (χ4n) is 2.79. The number of nitrogens with two attached hydrogens (primary N) is 1. The molecule has 6 nitrogen and oxygen atoms in total. The molecule has 0 aliphatic rings. The van der Waals surface area contributed by atoms with E-state index in [-0.39, 0.29) is 28.1 Å². The van der Waals surface area contributed by atoms with Gasteiger partial charge in [-0.15, -0.1) is 0 Å². The Balaban J connectivity index is 2.50. The standard InChI is InChI=1S/C18H16F6N2O4S/c1-2-31(29,30)12-6-3-10(4-7-12)14(15(25)27)13-8-5-11(9-26-13)16(28,17(19,20)21)18(22,23)24/h3-9,14,28H,2H2,1H3,(H2,25,27). The van der Waals surface area contributed by atoms with E-state index in [1.165, 1.54) is 31.2 Å². The molecular formula is C18H16F6N2O4S. The number of hydrogen-bond donors (Lipinski definition) is 2. The number of rotatable bonds is 6. The molecule has 13 heteroatoms. The molecule has 0 bridgehead atoms. The highest BCUT2D eigenvalue weighted by Gasteiger charge is 2.71. The van der Waals surface area contributed by atoms with Crippen LogP contribution in [0, 0.1) is 0 Å². The molecule has 1 aromatic carbocycles. The average molecular weight is 470 g/mol. The summed E-state index contributed by atoms with van der Waals surface area (Å²) in [5, 5.41) is 9.40. The fraction of sp³-hybridized carbons (Fsp3) is 0.333. The van der Waals surface area contributed by atoms with Gasteiger partial charge in [-0.25, -0.2) is 8.42 Å². The smallest absolute Gasteiger partial charge is 0.369 e. The number of primary amides is 1. The van der Waals surface area contributed by atoms with Crippen LogP contribution >= 0.6 is 0 Å². The number of aromatic nitrogens is 1. The number of aliphatic hydroxyl groups is 1. The number of sulfone groups is 1. The Hall–Kier alpha value is -2.67. The van der Waals surface area contributed by atoms with Crippen LogP contribution in [0.4, 0.5) is 26.3 Å². The van der Waals surface area contributed by atoms with Gasteiger partial charge in [-0.3, -0.25) is 9.78 Å². The van der Waals surface area contributed by atoms with Gasteiger partial charge in [0.2, 0.25) is 5.91 Å². The molecule has 170 valence electrons. The third-order valence-corrected chi connectivity index (χ3v) is 6.31. The first-order valence-corrected chi connectivity index (χ1v) is 10.2. The van der Waals surface area contributed by atoms with Gasteiger partial charge in [-0.2, -0.15) is 26.3 Å². The van der Waals surface area contributed by atoms with Gasteiger partial charge in [-0.05, 0) is 23.8 Å². The second kappa shape index (κ2) is 8.11. The number of pyridine rings is 1.